The molecule has 8 heteroatoms. The monoisotopic (exact) mass is 421 g/mol. The molecule has 1 aliphatic heterocycles. The molecule has 1 N–H and O–H groups in total. The highest BCUT2D eigenvalue weighted by molar-refractivity contribution is 5.93. The lowest BCUT2D eigenvalue weighted by molar-refractivity contribution is 0.0524. The number of esters is 1. The van der Waals surface area contributed by atoms with E-state index in [2.05, 4.69) is 22.1 Å². The molecule has 1 aliphatic rings. The number of carbonyl (C=O) groups excluding carboxylic acids is 1. The molecule has 162 valence electrons. The first-order valence-electron chi connectivity index (χ1n) is 10.8. The van der Waals surface area contributed by atoms with Gasteiger partial charge in [0, 0.05) is 24.6 Å². The Bertz CT molecular complexity index is 1120. The zero-order chi connectivity index (χ0) is 21.8. The Morgan fingerprint density at radius 3 is 2.74 bits per heavy atom. The standard InChI is InChI=1S/C23H27N5O3/c1-3-27(19-12-8-9-13-24-19)23-25-14-17-20(29)18(22(30)31-4-2)15-28(21(17)26-23)16-10-6-5-7-11-16/h5-7,10-11,14-15,19,24H,3-4,8-9,12-13H2,1-2H3. The minimum Gasteiger partial charge on any atom is -0.462 e. The van der Waals surface area contributed by atoms with Crippen molar-refractivity contribution in [1.82, 2.24) is 19.9 Å². The third kappa shape index (κ3) is 4.16. The molecule has 2 aromatic heterocycles. The molecule has 4 rings (SSSR count). The molecule has 0 aliphatic carbocycles. The maximum Gasteiger partial charge on any atom is 0.343 e. The molecule has 31 heavy (non-hydrogen) atoms. The second-order valence-corrected chi connectivity index (χ2v) is 7.46. The number of carbonyl (C=O) groups is 1. The van der Waals surface area contributed by atoms with Crippen LogP contribution in [0.3, 0.4) is 0 Å². The third-order valence-electron chi connectivity index (χ3n) is 5.52. The van der Waals surface area contributed by atoms with Crippen LogP contribution in [-0.4, -0.2) is 46.4 Å². The van der Waals surface area contributed by atoms with Crippen LogP contribution >= 0.6 is 0 Å². The maximum atomic E-state index is 13.1. The molecule has 1 aromatic carbocycles. The van der Waals surface area contributed by atoms with Crippen molar-refractivity contribution in [2.24, 2.45) is 0 Å². The average molecular weight is 422 g/mol. The minimum absolute atomic E-state index is 0.0316. The molecule has 0 amide bonds. The van der Waals surface area contributed by atoms with Gasteiger partial charge in [-0.05, 0) is 51.8 Å². The van der Waals surface area contributed by atoms with E-state index in [1.165, 1.54) is 12.4 Å². The molecular formula is C23H27N5O3. The number of hydrogen-bond acceptors (Lipinski definition) is 7. The summed E-state index contributed by atoms with van der Waals surface area (Å²) in [5.74, 6) is -0.0906. The van der Waals surface area contributed by atoms with Crippen molar-refractivity contribution < 1.29 is 9.53 Å². The number of anilines is 1. The first kappa shape index (κ1) is 21.0. The van der Waals surface area contributed by atoms with E-state index in [0.29, 0.717) is 11.6 Å². The summed E-state index contributed by atoms with van der Waals surface area (Å²) in [5.41, 5.74) is 0.798. The van der Waals surface area contributed by atoms with E-state index in [4.69, 9.17) is 9.72 Å². The van der Waals surface area contributed by atoms with Crippen LogP contribution in [0.15, 0.2) is 47.5 Å². The van der Waals surface area contributed by atoms with Crippen molar-refractivity contribution >= 4 is 23.0 Å². The molecular weight excluding hydrogens is 394 g/mol. The van der Waals surface area contributed by atoms with Gasteiger partial charge >= 0.3 is 5.97 Å². The van der Waals surface area contributed by atoms with Gasteiger partial charge in [0.15, 0.2) is 5.65 Å². The Hall–Kier alpha value is -3.26. The molecule has 1 unspecified atom stereocenters. The van der Waals surface area contributed by atoms with Crippen molar-refractivity contribution in [3.63, 3.8) is 0 Å². The number of benzene rings is 1. The van der Waals surface area contributed by atoms with Gasteiger partial charge in [0.2, 0.25) is 11.4 Å². The molecule has 3 heterocycles. The van der Waals surface area contributed by atoms with Crippen LogP contribution in [0.25, 0.3) is 16.7 Å². The van der Waals surface area contributed by atoms with Crippen LogP contribution in [0.5, 0.6) is 0 Å². The fraction of sp³-hybridized carbons (Fsp3) is 0.391. The molecule has 1 atom stereocenters. The van der Waals surface area contributed by atoms with Crippen molar-refractivity contribution in [3.8, 4) is 5.69 Å². The zero-order valence-corrected chi connectivity index (χ0v) is 17.9. The number of pyridine rings is 1. The predicted molar refractivity (Wildman–Crippen MR) is 120 cm³/mol. The summed E-state index contributed by atoms with van der Waals surface area (Å²) in [6.45, 7) is 5.67. The van der Waals surface area contributed by atoms with Gasteiger partial charge in [0.25, 0.3) is 0 Å². The number of ether oxygens (including phenoxy) is 1. The van der Waals surface area contributed by atoms with Crippen LogP contribution < -0.4 is 15.6 Å². The highest BCUT2D eigenvalue weighted by atomic mass is 16.5. The lowest BCUT2D eigenvalue weighted by Gasteiger charge is -2.34. The summed E-state index contributed by atoms with van der Waals surface area (Å²) in [4.78, 5) is 36.9. The maximum absolute atomic E-state index is 13.1. The molecule has 1 saturated heterocycles. The Labute approximate surface area is 180 Å². The summed E-state index contributed by atoms with van der Waals surface area (Å²) in [7, 11) is 0. The van der Waals surface area contributed by atoms with Crippen LogP contribution in [0, 0.1) is 0 Å². The first-order valence-corrected chi connectivity index (χ1v) is 10.8. The second-order valence-electron chi connectivity index (χ2n) is 7.46. The topological polar surface area (TPSA) is 89.3 Å². The zero-order valence-electron chi connectivity index (χ0n) is 17.9. The van der Waals surface area contributed by atoms with Gasteiger partial charge in [-0.1, -0.05) is 18.2 Å². The number of para-hydroxylation sites is 1. The third-order valence-corrected chi connectivity index (χ3v) is 5.52. The highest BCUT2D eigenvalue weighted by Crippen LogP contribution is 2.21. The Kier molecular flexibility index (Phi) is 6.27. The van der Waals surface area contributed by atoms with Gasteiger partial charge in [-0.25, -0.2) is 9.78 Å². The minimum atomic E-state index is -0.648. The molecule has 0 bridgehead atoms. The van der Waals surface area contributed by atoms with E-state index in [9.17, 15) is 9.59 Å². The number of nitrogens with one attached hydrogen (secondary N) is 1. The Morgan fingerprint density at radius 2 is 2.06 bits per heavy atom. The summed E-state index contributed by atoms with van der Waals surface area (Å²) in [6, 6.07) is 9.52. The highest BCUT2D eigenvalue weighted by Gasteiger charge is 2.24. The molecule has 3 aromatic rings. The lowest BCUT2D eigenvalue weighted by atomic mass is 10.1. The van der Waals surface area contributed by atoms with Gasteiger partial charge in [-0.15, -0.1) is 0 Å². The van der Waals surface area contributed by atoms with Gasteiger partial charge in [-0.2, -0.15) is 4.98 Å². The SMILES string of the molecule is CCOC(=O)c1cn(-c2ccccc2)c2nc(N(CC)C3CCCCN3)ncc2c1=O. The van der Waals surface area contributed by atoms with Crippen LogP contribution in [0.4, 0.5) is 5.95 Å². The van der Waals surface area contributed by atoms with Gasteiger partial charge in [0.05, 0.1) is 18.2 Å². The van der Waals surface area contributed by atoms with Gasteiger partial charge < -0.3 is 14.2 Å². The second kappa shape index (κ2) is 9.26. The number of aromatic nitrogens is 3. The van der Waals surface area contributed by atoms with Crippen molar-refractivity contribution in [1.29, 1.82) is 0 Å². The van der Waals surface area contributed by atoms with E-state index < -0.39 is 11.4 Å². The summed E-state index contributed by atoms with van der Waals surface area (Å²) in [5, 5.41) is 3.81. The number of fused-ring (bicyclic) bond motifs is 1. The summed E-state index contributed by atoms with van der Waals surface area (Å²) >= 11 is 0. The van der Waals surface area contributed by atoms with E-state index in [-0.39, 0.29) is 23.7 Å². The van der Waals surface area contributed by atoms with Gasteiger partial charge in [-0.3, -0.25) is 10.1 Å². The number of nitrogens with zero attached hydrogens (tertiary/aromatic N) is 4. The molecule has 0 spiro atoms. The van der Waals surface area contributed by atoms with Crippen molar-refractivity contribution in [3.05, 3.63) is 58.5 Å². The largest absolute Gasteiger partial charge is 0.462 e. The molecule has 0 saturated carbocycles. The number of rotatable bonds is 6. The van der Waals surface area contributed by atoms with E-state index >= 15 is 0 Å². The number of piperidine rings is 1. The van der Waals surface area contributed by atoms with E-state index in [0.717, 1.165) is 38.0 Å². The van der Waals surface area contributed by atoms with Crippen LogP contribution in [0.1, 0.15) is 43.5 Å². The van der Waals surface area contributed by atoms with E-state index in [1.807, 2.05) is 30.3 Å². The van der Waals surface area contributed by atoms with E-state index in [1.54, 1.807) is 11.5 Å². The smallest absolute Gasteiger partial charge is 0.343 e. The Balaban J connectivity index is 1.90. The molecule has 1 fully saturated rings. The van der Waals surface area contributed by atoms with Crippen molar-refractivity contribution in [2.45, 2.75) is 39.3 Å². The first-order chi connectivity index (χ1) is 15.1. The van der Waals surface area contributed by atoms with Crippen molar-refractivity contribution in [2.75, 3.05) is 24.6 Å². The normalized spacial score (nSPS) is 16.3. The fourth-order valence-corrected chi connectivity index (χ4v) is 3.98. The quantitative estimate of drug-likeness (QED) is 0.612. The van der Waals surface area contributed by atoms with Crippen LogP contribution in [0.2, 0.25) is 0 Å². The summed E-state index contributed by atoms with van der Waals surface area (Å²) < 4.78 is 6.86. The van der Waals surface area contributed by atoms with Crippen LogP contribution in [-0.2, 0) is 4.74 Å². The summed E-state index contributed by atoms with van der Waals surface area (Å²) in [6.07, 6.45) is 6.53. The molecule has 0 radical (unpaired) electrons. The number of hydrogen-bond donors (Lipinski definition) is 1. The predicted octanol–water partition coefficient (Wildman–Crippen LogP) is 2.88. The average Bonchev–Trinajstić information content (AvgIpc) is 2.81. The Morgan fingerprint density at radius 1 is 1.26 bits per heavy atom. The van der Waals surface area contributed by atoms with Gasteiger partial charge in [0.1, 0.15) is 5.56 Å². The fourth-order valence-electron chi connectivity index (χ4n) is 3.98. The molecule has 8 nitrogen and oxygen atoms in total. The lowest BCUT2D eigenvalue weighted by Crippen LogP contribution is -2.49.